The van der Waals surface area contributed by atoms with Crippen molar-refractivity contribution in [3.63, 3.8) is 0 Å². The summed E-state index contributed by atoms with van der Waals surface area (Å²) in [6.45, 7) is 1.78. The van der Waals surface area contributed by atoms with Crippen molar-refractivity contribution < 1.29 is 5.11 Å². The van der Waals surface area contributed by atoms with Crippen LogP contribution in [-0.4, -0.2) is 14.5 Å². The molecule has 11 heavy (non-hydrogen) atoms. The summed E-state index contributed by atoms with van der Waals surface area (Å²) in [5.74, 6) is 0.223. The lowest BCUT2D eigenvalue weighted by Gasteiger charge is -1.91. The molecule has 3 nitrogen and oxygen atoms in total. The summed E-state index contributed by atoms with van der Waals surface area (Å²) >= 11 is 0. The molecule has 0 unspecified atom stereocenters. The van der Waals surface area contributed by atoms with Crippen LogP contribution in [0, 0.1) is 6.92 Å². The molecule has 0 aromatic carbocycles. The smallest absolute Gasteiger partial charge is 0.218 e. The van der Waals surface area contributed by atoms with Gasteiger partial charge < -0.3 is 5.11 Å². The van der Waals surface area contributed by atoms with Gasteiger partial charge in [0, 0.05) is 6.20 Å². The number of nitrogens with zero attached hydrogens (tertiary/aromatic N) is 2. The van der Waals surface area contributed by atoms with Gasteiger partial charge in [-0.05, 0) is 19.1 Å². The van der Waals surface area contributed by atoms with E-state index < -0.39 is 0 Å². The number of pyridine rings is 1. The first-order valence-electron chi connectivity index (χ1n) is 3.41. The van der Waals surface area contributed by atoms with Crippen molar-refractivity contribution in [2.75, 3.05) is 0 Å². The van der Waals surface area contributed by atoms with Crippen LogP contribution < -0.4 is 0 Å². The van der Waals surface area contributed by atoms with E-state index in [1.807, 2.05) is 18.2 Å². The van der Waals surface area contributed by atoms with Crippen molar-refractivity contribution in [1.29, 1.82) is 0 Å². The van der Waals surface area contributed by atoms with Crippen molar-refractivity contribution in [3.8, 4) is 5.88 Å². The van der Waals surface area contributed by atoms with Gasteiger partial charge in [0.1, 0.15) is 11.3 Å². The summed E-state index contributed by atoms with van der Waals surface area (Å²) in [4.78, 5) is 4.13. The zero-order chi connectivity index (χ0) is 7.84. The van der Waals surface area contributed by atoms with Gasteiger partial charge in [-0.2, -0.15) is 0 Å². The number of imidazole rings is 1. The van der Waals surface area contributed by atoms with Crippen LogP contribution in [0.15, 0.2) is 24.4 Å². The third kappa shape index (κ3) is 0.774. The maximum Gasteiger partial charge on any atom is 0.218 e. The summed E-state index contributed by atoms with van der Waals surface area (Å²) in [6, 6.07) is 5.60. The zero-order valence-electron chi connectivity index (χ0n) is 6.15. The number of aryl methyl sites for hydroxylation is 1. The highest BCUT2D eigenvalue weighted by molar-refractivity contribution is 5.44. The quantitative estimate of drug-likeness (QED) is 0.612. The molecule has 2 aromatic heterocycles. The van der Waals surface area contributed by atoms with E-state index in [-0.39, 0.29) is 5.88 Å². The lowest BCUT2D eigenvalue weighted by atomic mass is 10.5. The second-order valence-electron chi connectivity index (χ2n) is 2.45. The minimum Gasteiger partial charge on any atom is -0.493 e. The molecule has 2 heterocycles. The van der Waals surface area contributed by atoms with E-state index in [0.29, 0.717) is 5.69 Å². The van der Waals surface area contributed by atoms with Crippen LogP contribution in [-0.2, 0) is 0 Å². The van der Waals surface area contributed by atoms with Gasteiger partial charge in [-0.25, -0.2) is 4.98 Å². The Balaban J connectivity index is 2.92. The molecule has 0 aliphatic rings. The Kier molecular flexibility index (Phi) is 1.12. The van der Waals surface area contributed by atoms with E-state index in [4.69, 9.17) is 0 Å². The van der Waals surface area contributed by atoms with Crippen LogP contribution in [0.3, 0.4) is 0 Å². The van der Waals surface area contributed by atoms with Crippen molar-refractivity contribution in [3.05, 3.63) is 30.1 Å². The van der Waals surface area contributed by atoms with Gasteiger partial charge in [0.25, 0.3) is 0 Å². The van der Waals surface area contributed by atoms with Crippen LogP contribution in [0.2, 0.25) is 0 Å². The summed E-state index contributed by atoms with van der Waals surface area (Å²) in [5, 5.41) is 9.40. The number of hydrogen-bond donors (Lipinski definition) is 1. The summed E-state index contributed by atoms with van der Waals surface area (Å²) in [7, 11) is 0. The highest BCUT2D eigenvalue weighted by atomic mass is 16.3. The van der Waals surface area contributed by atoms with E-state index in [9.17, 15) is 5.11 Å². The van der Waals surface area contributed by atoms with Crippen LogP contribution in [0.1, 0.15) is 5.69 Å². The molecule has 0 bridgehead atoms. The normalized spacial score (nSPS) is 10.6. The number of rotatable bonds is 0. The average molecular weight is 148 g/mol. The van der Waals surface area contributed by atoms with E-state index >= 15 is 0 Å². The maximum absolute atomic E-state index is 9.40. The topological polar surface area (TPSA) is 37.5 Å². The predicted molar refractivity (Wildman–Crippen MR) is 41.6 cm³/mol. The fraction of sp³-hybridized carbons (Fsp3) is 0.125. The molecule has 3 heteroatoms. The molecule has 0 aliphatic heterocycles. The molecule has 2 aromatic rings. The van der Waals surface area contributed by atoms with Crippen LogP contribution in [0.25, 0.3) is 5.65 Å². The molecular weight excluding hydrogens is 140 g/mol. The van der Waals surface area contributed by atoms with E-state index in [1.165, 1.54) is 0 Å². The Morgan fingerprint density at radius 1 is 1.45 bits per heavy atom. The lowest BCUT2D eigenvalue weighted by molar-refractivity contribution is 0.444. The Morgan fingerprint density at radius 3 is 3.00 bits per heavy atom. The van der Waals surface area contributed by atoms with Gasteiger partial charge in [0.2, 0.25) is 5.88 Å². The molecule has 0 saturated carbocycles. The number of aromatic hydroxyl groups is 1. The fourth-order valence-electron chi connectivity index (χ4n) is 1.10. The Bertz CT molecular complexity index is 392. The van der Waals surface area contributed by atoms with Gasteiger partial charge in [-0.3, -0.25) is 4.40 Å². The minimum atomic E-state index is 0.223. The number of fused-ring (bicyclic) bond motifs is 1. The number of hydrogen-bond acceptors (Lipinski definition) is 2. The van der Waals surface area contributed by atoms with E-state index in [2.05, 4.69) is 4.98 Å². The maximum atomic E-state index is 9.40. The van der Waals surface area contributed by atoms with Gasteiger partial charge >= 0.3 is 0 Å². The standard InChI is InChI=1S/C8H8N2O/c1-6-8(11)10-5-3-2-4-7(10)9-6/h2-5,11H,1H3. The highest BCUT2D eigenvalue weighted by Gasteiger charge is 2.03. The zero-order valence-corrected chi connectivity index (χ0v) is 6.15. The molecule has 56 valence electrons. The summed E-state index contributed by atoms with van der Waals surface area (Å²) in [5.41, 5.74) is 1.44. The predicted octanol–water partition coefficient (Wildman–Crippen LogP) is 1.35. The number of aromatic nitrogens is 2. The summed E-state index contributed by atoms with van der Waals surface area (Å²) in [6.07, 6.45) is 1.78. The van der Waals surface area contributed by atoms with E-state index in [0.717, 1.165) is 5.65 Å². The van der Waals surface area contributed by atoms with Gasteiger partial charge in [0.15, 0.2) is 0 Å². The first-order valence-corrected chi connectivity index (χ1v) is 3.41. The second-order valence-corrected chi connectivity index (χ2v) is 2.45. The first kappa shape index (κ1) is 6.22. The molecule has 0 radical (unpaired) electrons. The van der Waals surface area contributed by atoms with E-state index in [1.54, 1.807) is 17.5 Å². The second kappa shape index (κ2) is 1.99. The van der Waals surface area contributed by atoms with Crippen molar-refractivity contribution >= 4 is 5.65 Å². The average Bonchev–Trinajstić information content (AvgIpc) is 2.30. The highest BCUT2D eigenvalue weighted by Crippen LogP contribution is 2.16. The van der Waals surface area contributed by atoms with Gasteiger partial charge in [0.05, 0.1) is 0 Å². The van der Waals surface area contributed by atoms with Crippen LogP contribution in [0.5, 0.6) is 5.88 Å². The molecule has 1 N–H and O–H groups in total. The molecule has 0 atom stereocenters. The van der Waals surface area contributed by atoms with Gasteiger partial charge in [-0.1, -0.05) is 6.07 Å². The molecule has 0 amide bonds. The molecule has 0 aliphatic carbocycles. The Hall–Kier alpha value is -1.51. The largest absolute Gasteiger partial charge is 0.493 e. The summed E-state index contributed by atoms with van der Waals surface area (Å²) < 4.78 is 1.65. The van der Waals surface area contributed by atoms with Gasteiger partial charge in [-0.15, -0.1) is 0 Å². The Labute approximate surface area is 63.9 Å². The van der Waals surface area contributed by atoms with Crippen molar-refractivity contribution in [2.45, 2.75) is 6.92 Å². The fourth-order valence-corrected chi connectivity index (χ4v) is 1.10. The third-order valence-electron chi connectivity index (χ3n) is 1.67. The lowest BCUT2D eigenvalue weighted by Crippen LogP contribution is -1.80. The minimum absolute atomic E-state index is 0.223. The Morgan fingerprint density at radius 2 is 2.27 bits per heavy atom. The monoisotopic (exact) mass is 148 g/mol. The van der Waals surface area contributed by atoms with Crippen LogP contribution in [0.4, 0.5) is 0 Å². The first-order chi connectivity index (χ1) is 5.29. The molecule has 0 saturated heterocycles. The molecule has 0 fully saturated rings. The van der Waals surface area contributed by atoms with Crippen LogP contribution >= 0.6 is 0 Å². The van der Waals surface area contributed by atoms with Crippen molar-refractivity contribution in [2.24, 2.45) is 0 Å². The molecule has 2 rings (SSSR count). The molecular formula is C8H8N2O. The van der Waals surface area contributed by atoms with Crippen molar-refractivity contribution in [1.82, 2.24) is 9.38 Å². The SMILES string of the molecule is Cc1nc2ccccn2c1O. The molecule has 0 spiro atoms. The third-order valence-corrected chi connectivity index (χ3v) is 1.67.